The van der Waals surface area contributed by atoms with E-state index in [2.05, 4.69) is 20.6 Å². The molecule has 2 heterocycles. The Labute approximate surface area is 110 Å². The Bertz CT molecular complexity index is 312. The Morgan fingerprint density at radius 1 is 1.22 bits per heavy atom. The van der Waals surface area contributed by atoms with Gasteiger partial charge in [0.2, 0.25) is 0 Å². The fourth-order valence-corrected chi connectivity index (χ4v) is 1.71. The molecule has 0 saturated carbocycles. The van der Waals surface area contributed by atoms with Crippen LogP contribution in [0.3, 0.4) is 0 Å². The summed E-state index contributed by atoms with van der Waals surface area (Å²) in [5.74, 6) is 0.976. The summed E-state index contributed by atoms with van der Waals surface area (Å²) in [6.45, 7) is 7.74. The van der Waals surface area contributed by atoms with Crippen molar-refractivity contribution in [1.29, 1.82) is 0 Å². The SMILES string of the molecule is CC.CN.Cc1cc(N2CCC(O)CC2)ncn1. The average molecular weight is 254 g/mol. The first-order chi connectivity index (χ1) is 8.75. The number of nitrogens with zero attached hydrogens (tertiary/aromatic N) is 3. The molecule has 0 unspecified atom stereocenters. The Hall–Kier alpha value is -1.20. The van der Waals surface area contributed by atoms with Crippen LogP contribution in [0.25, 0.3) is 0 Å². The molecule has 0 radical (unpaired) electrons. The van der Waals surface area contributed by atoms with Crippen molar-refractivity contribution < 1.29 is 5.11 Å². The Kier molecular flexibility index (Phi) is 9.14. The van der Waals surface area contributed by atoms with Crippen molar-refractivity contribution in [2.24, 2.45) is 5.73 Å². The third-order valence-electron chi connectivity index (χ3n) is 2.58. The predicted octanol–water partition coefficient (Wildman–Crippen LogP) is 1.35. The second-order valence-corrected chi connectivity index (χ2v) is 3.74. The highest BCUT2D eigenvalue weighted by Crippen LogP contribution is 2.17. The van der Waals surface area contributed by atoms with Gasteiger partial charge in [-0.1, -0.05) is 13.8 Å². The molecule has 0 spiro atoms. The maximum atomic E-state index is 9.37. The van der Waals surface area contributed by atoms with Gasteiger partial charge in [0.05, 0.1) is 6.10 Å². The van der Waals surface area contributed by atoms with Crippen LogP contribution in [0.4, 0.5) is 5.82 Å². The maximum Gasteiger partial charge on any atom is 0.132 e. The monoisotopic (exact) mass is 254 g/mol. The van der Waals surface area contributed by atoms with Crippen molar-refractivity contribution in [3.05, 3.63) is 18.1 Å². The molecule has 18 heavy (non-hydrogen) atoms. The molecule has 3 N–H and O–H groups in total. The van der Waals surface area contributed by atoms with Crippen LogP contribution in [0.2, 0.25) is 0 Å². The number of anilines is 1. The second kappa shape index (κ2) is 9.79. The summed E-state index contributed by atoms with van der Waals surface area (Å²) >= 11 is 0. The molecule has 0 amide bonds. The zero-order valence-electron chi connectivity index (χ0n) is 11.9. The van der Waals surface area contributed by atoms with Crippen LogP contribution < -0.4 is 10.6 Å². The van der Waals surface area contributed by atoms with Crippen LogP contribution in [0.5, 0.6) is 0 Å². The molecular formula is C13H26N4O. The number of piperidine rings is 1. The molecule has 0 bridgehead atoms. The Balaban J connectivity index is 0.000000659. The van der Waals surface area contributed by atoms with Gasteiger partial charge in [0.15, 0.2) is 0 Å². The largest absolute Gasteiger partial charge is 0.393 e. The topological polar surface area (TPSA) is 75.3 Å². The van der Waals surface area contributed by atoms with Gasteiger partial charge in [-0.15, -0.1) is 0 Å². The molecule has 0 aliphatic carbocycles. The van der Waals surface area contributed by atoms with E-state index in [0.717, 1.165) is 37.4 Å². The highest BCUT2D eigenvalue weighted by molar-refractivity contribution is 5.38. The summed E-state index contributed by atoms with van der Waals surface area (Å²) in [4.78, 5) is 10.5. The zero-order chi connectivity index (χ0) is 14.0. The van der Waals surface area contributed by atoms with Crippen LogP contribution >= 0.6 is 0 Å². The molecule has 1 aromatic rings. The van der Waals surface area contributed by atoms with Crippen LogP contribution in [-0.2, 0) is 0 Å². The van der Waals surface area contributed by atoms with E-state index in [1.165, 1.54) is 7.05 Å². The number of aliphatic hydroxyl groups is 1. The van der Waals surface area contributed by atoms with E-state index in [4.69, 9.17) is 0 Å². The van der Waals surface area contributed by atoms with Crippen molar-refractivity contribution in [2.75, 3.05) is 25.0 Å². The molecule has 1 aliphatic heterocycles. The van der Waals surface area contributed by atoms with Gasteiger partial charge in [-0.2, -0.15) is 0 Å². The molecule has 104 valence electrons. The molecule has 5 heteroatoms. The van der Waals surface area contributed by atoms with Gasteiger partial charge in [-0.05, 0) is 26.8 Å². The summed E-state index contributed by atoms with van der Waals surface area (Å²) in [7, 11) is 1.50. The zero-order valence-corrected chi connectivity index (χ0v) is 11.9. The quantitative estimate of drug-likeness (QED) is 0.791. The van der Waals surface area contributed by atoms with Crippen LogP contribution in [0.1, 0.15) is 32.4 Å². The lowest BCUT2D eigenvalue weighted by atomic mass is 10.1. The van der Waals surface area contributed by atoms with E-state index in [1.54, 1.807) is 6.33 Å². The molecule has 1 saturated heterocycles. The number of aryl methyl sites for hydroxylation is 1. The summed E-state index contributed by atoms with van der Waals surface area (Å²) in [5.41, 5.74) is 5.49. The summed E-state index contributed by atoms with van der Waals surface area (Å²) in [6, 6.07) is 1.98. The fourth-order valence-electron chi connectivity index (χ4n) is 1.71. The number of aliphatic hydroxyl groups excluding tert-OH is 1. The molecule has 1 aromatic heterocycles. The lowest BCUT2D eigenvalue weighted by molar-refractivity contribution is 0.145. The van der Waals surface area contributed by atoms with Crippen LogP contribution in [0, 0.1) is 6.92 Å². The highest BCUT2D eigenvalue weighted by atomic mass is 16.3. The number of aromatic nitrogens is 2. The van der Waals surface area contributed by atoms with Gasteiger partial charge in [-0.25, -0.2) is 9.97 Å². The van der Waals surface area contributed by atoms with Gasteiger partial charge < -0.3 is 15.7 Å². The summed E-state index contributed by atoms with van der Waals surface area (Å²) in [6.07, 6.45) is 3.14. The predicted molar refractivity (Wildman–Crippen MR) is 75.7 cm³/mol. The van der Waals surface area contributed by atoms with Crippen molar-refractivity contribution in [1.82, 2.24) is 9.97 Å². The first-order valence-corrected chi connectivity index (χ1v) is 6.55. The number of hydrogen-bond acceptors (Lipinski definition) is 5. The molecule has 0 atom stereocenters. The van der Waals surface area contributed by atoms with E-state index < -0.39 is 0 Å². The van der Waals surface area contributed by atoms with Gasteiger partial charge in [0.25, 0.3) is 0 Å². The summed E-state index contributed by atoms with van der Waals surface area (Å²) in [5, 5.41) is 9.37. The molecule has 1 fully saturated rings. The third-order valence-corrected chi connectivity index (χ3v) is 2.58. The highest BCUT2D eigenvalue weighted by Gasteiger charge is 2.17. The molecule has 2 rings (SSSR count). The van der Waals surface area contributed by atoms with E-state index in [1.807, 2.05) is 26.8 Å². The minimum atomic E-state index is -0.130. The average Bonchev–Trinajstić information content (AvgIpc) is 2.44. The minimum Gasteiger partial charge on any atom is -0.393 e. The van der Waals surface area contributed by atoms with Gasteiger partial charge in [0.1, 0.15) is 12.1 Å². The molecule has 1 aliphatic rings. The summed E-state index contributed by atoms with van der Waals surface area (Å²) < 4.78 is 0. The molecule has 5 nitrogen and oxygen atoms in total. The first kappa shape index (κ1) is 16.8. The number of nitrogens with two attached hydrogens (primary N) is 1. The van der Waals surface area contributed by atoms with E-state index in [9.17, 15) is 5.11 Å². The third kappa shape index (κ3) is 5.42. The van der Waals surface area contributed by atoms with Gasteiger partial charge in [0, 0.05) is 24.8 Å². The normalized spacial score (nSPS) is 15.1. The lowest BCUT2D eigenvalue weighted by Gasteiger charge is -2.30. The first-order valence-electron chi connectivity index (χ1n) is 6.55. The van der Waals surface area contributed by atoms with E-state index in [-0.39, 0.29) is 6.10 Å². The van der Waals surface area contributed by atoms with Crippen molar-refractivity contribution >= 4 is 5.82 Å². The van der Waals surface area contributed by atoms with Crippen LogP contribution in [0.15, 0.2) is 12.4 Å². The second-order valence-electron chi connectivity index (χ2n) is 3.74. The van der Waals surface area contributed by atoms with Gasteiger partial charge >= 0.3 is 0 Å². The lowest BCUT2D eigenvalue weighted by Crippen LogP contribution is -2.36. The fraction of sp³-hybridized carbons (Fsp3) is 0.692. The van der Waals surface area contributed by atoms with Gasteiger partial charge in [-0.3, -0.25) is 0 Å². The van der Waals surface area contributed by atoms with Crippen LogP contribution in [-0.4, -0.2) is 41.3 Å². The number of hydrogen-bond donors (Lipinski definition) is 2. The molecule has 0 aromatic carbocycles. The Morgan fingerprint density at radius 3 is 2.28 bits per heavy atom. The van der Waals surface area contributed by atoms with Crippen molar-refractivity contribution in [2.45, 2.75) is 39.7 Å². The number of rotatable bonds is 1. The Morgan fingerprint density at radius 2 is 1.78 bits per heavy atom. The van der Waals surface area contributed by atoms with Crippen molar-refractivity contribution in [3.63, 3.8) is 0 Å². The van der Waals surface area contributed by atoms with E-state index in [0.29, 0.717) is 0 Å². The smallest absolute Gasteiger partial charge is 0.132 e. The maximum absolute atomic E-state index is 9.37. The standard InChI is InChI=1S/C10H15N3O.C2H6.CH5N/c1-8-6-10(12-7-11-8)13-4-2-9(14)3-5-13;2*1-2/h6-7,9,14H,2-5H2,1H3;1-2H3;2H2,1H3. The van der Waals surface area contributed by atoms with E-state index >= 15 is 0 Å². The minimum absolute atomic E-state index is 0.130. The van der Waals surface area contributed by atoms with Crippen molar-refractivity contribution in [3.8, 4) is 0 Å². The molecular weight excluding hydrogens is 228 g/mol.